The summed E-state index contributed by atoms with van der Waals surface area (Å²) in [6.07, 6.45) is 3.80. The van der Waals surface area contributed by atoms with Crippen molar-refractivity contribution in [2.75, 3.05) is 13.7 Å². The van der Waals surface area contributed by atoms with E-state index in [9.17, 15) is 0 Å². The molecule has 3 nitrogen and oxygen atoms in total. The third kappa shape index (κ3) is 2.13. The number of allylic oxidation sites excluding steroid dienone is 1. The van der Waals surface area contributed by atoms with Crippen LogP contribution in [0.1, 0.15) is 19.8 Å². The van der Waals surface area contributed by atoms with Crippen LogP contribution in [0.4, 0.5) is 0 Å². The van der Waals surface area contributed by atoms with Gasteiger partial charge in [-0.2, -0.15) is 4.99 Å². The van der Waals surface area contributed by atoms with E-state index in [1.54, 1.807) is 0 Å². The predicted octanol–water partition coefficient (Wildman–Crippen LogP) is -0.453. The summed E-state index contributed by atoms with van der Waals surface area (Å²) < 4.78 is 0. The number of rotatable bonds is 3. The maximum atomic E-state index is 8.58. The fraction of sp³-hybridized carbons (Fsp3) is 0.625. The Hall–Kier alpha value is -0.670. The molecule has 0 spiro atoms. The van der Waals surface area contributed by atoms with Crippen LogP contribution >= 0.6 is 0 Å². The van der Waals surface area contributed by atoms with Crippen molar-refractivity contribution in [3.8, 4) is 0 Å². The van der Waals surface area contributed by atoms with Crippen molar-refractivity contribution < 1.29 is 10.0 Å². The van der Waals surface area contributed by atoms with E-state index >= 15 is 0 Å². The van der Waals surface area contributed by atoms with Crippen LogP contribution in [0.2, 0.25) is 0 Å². The number of aliphatic hydroxyl groups is 1. The maximum Gasteiger partial charge on any atom is 0.202 e. The zero-order chi connectivity index (χ0) is 8.27. The van der Waals surface area contributed by atoms with E-state index in [1.165, 1.54) is 4.90 Å². The molecule has 2 N–H and O–H groups in total. The Morgan fingerprint density at radius 2 is 2.36 bits per heavy atom. The van der Waals surface area contributed by atoms with E-state index in [4.69, 9.17) is 5.11 Å². The zero-order valence-corrected chi connectivity index (χ0v) is 7.09. The molecular formula is C8H15N2O+. The highest BCUT2D eigenvalue weighted by atomic mass is 16.2. The highest BCUT2D eigenvalue weighted by molar-refractivity contribution is 5.73. The minimum absolute atomic E-state index is 0.255. The first-order valence-corrected chi connectivity index (χ1v) is 3.94. The van der Waals surface area contributed by atoms with Gasteiger partial charge in [0.15, 0.2) is 0 Å². The molecule has 0 fully saturated rings. The van der Waals surface area contributed by atoms with Crippen molar-refractivity contribution in [1.82, 2.24) is 0 Å². The molecule has 3 heteroatoms. The lowest BCUT2D eigenvalue weighted by atomic mass is 10.3. The van der Waals surface area contributed by atoms with Gasteiger partial charge in [-0.1, -0.05) is 0 Å². The fourth-order valence-electron chi connectivity index (χ4n) is 1.08. The van der Waals surface area contributed by atoms with Gasteiger partial charge in [0.1, 0.15) is 6.20 Å². The van der Waals surface area contributed by atoms with E-state index in [1.807, 2.05) is 6.92 Å². The second-order valence-electron chi connectivity index (χ2n) is 2.84. The zero-order valence-electron chi connectivity index (χ0n) is 7.09. The predicted molar refractivity (Wildman–Crippen MR) is 44.4 cm³/mol. The van der Waals surface area contributed by atoms with Crippen molar-refractivity contribution >= 4 is 5.84 Å². The molecule has 1 heterocycles. The van der Waals surface area contributed by atoms with E-state index < -0.39 is 0 Å². The summed E-state index contributed by atoms with van der Waals surface area (Å²) in [7, 11) is 2.06. The van der Waals surface area contributed by atoms with Gasteiger partial charge in [0.2, 0.25) is 5.84 Å². The third-order valence-corrected chi connectivity index (χ3v) is 1.86. The number of hydrogen-bond donors (Lipinski definition) is 2. The molecule has 0 aromatic rings. The number of aliphatic imine (C=N–C) groups is 1. The SMILES string of the molecule is CC1=NC(CCCO)=C[NH+]1C. The van der Waals surface area contributed by atoms with Crippen LogP contribution < -0.4 is 4.90 Å². The Balaban J connectivity index is 2.43. The average Bonchev–Trinajstić information content (AvgIpc) is 2.28. The van der Waals surface area contributed by atoms with Crippen LogP contribution in [-0.4, -0.2) is 24.6 Å². The minimum atomic E-state index is 0.255. The summed E-state index contributed by atoms with van der Waals surface area (Å²) >= 11 is 0. The van der Waals surface area contributed by atoms with Crippen LogP contribution in [0.15, 0.2) is 16.9 Å². The molecule has 1 aliphatic rings. The number of amidine groups is 1. The van der Waals surface area contributed by atoms with Gasteiger partial charge >= 0.3 is 0 Å². The molecule has 1 unspecified atom stereocenters. The Morgan fingerprint density at radius 3 is 2.82 bits per heavy atom. The summed E-state index contributed by atoms with van der Waals surface area (Å²) in [5.74, 6) is 1.11. The van der Waals surface area contributed by atoms with E-state index in [0.29, 0.717) is 0 Å². The monoisotopic (exact) mass is 155 g/mol. The number of quaternary nitrogens is 1. The van der Waals surface area contributed by atoms with Gasteiger partial charge in [-0.05, 0) is 12.8 Å². The summed E-state index contributed by atoms with van der Waals surface area (Å²) in [6.45, 7) is 2.27. The highest BCUT2D eigenvalue weighted by Gasteiger charge is 2.13. The lowest BCUT2D eigenvalue weighted by molar-refractivity contribution is -0.719. The van der Waals surface area contributed by atoms with Gasteiger partial charge in [0.05, 0.1) is 12.7 Å². The lowest BCUT2D eigenvalue weighted by Crippen LogP contribution is -3.05. The summed E-state index contributed by atoms with van der Waals surface area (Å²) in [5.41, 5.74) is 1.11. The smallest absolute Gasteiger partial charge is 0.202 e. The second-order valence-corrected chi connectivity index (χ2v) is 2.84. The normalized spacial score (nSPS) is 23.4. The van der Waals surface area contributed by atoms with Crippen molar-refractivity contribution in [3.05, 3.63) is 11.9 Å². The molecule has 1 atom stereocenters. The molecular weight excluding hydrogens is 140 g/mol. The van der Waals surface area contributed by atoms with E-state index in [0.717, 1.165) is 24.4 Å². The molecule has 0 aliphatic carbocycles. The van der Waals surface area contributed by atoms with Crippen molar-refractivity contribution in [3.63, 3.8) is 0 Å². The first-order chi connectivity index (χ1) is 5.24. The van der Waals surface area contributed by atoms with Gasteiger partial charge in [0, 0.05) is 13.5 Å². The van der Waals surface area contributed by atoms with Crippen LogP contribution in [0, 0.1) is 0 Å². The topological polar surface area (TPSA) is 37.0 Å². The van der Waals surface area contributed by atoms with Crippen molar-refractivity contribution in [1.29, 1.82) is 0 Å². The summed E-state index contributed by atoms with van der Waals surface area (Å²) in [5, 5.41) is 8.58. The summed E-state index contributed by atoms with van der Waals surface area (Å²) in [4.78, 5) is 5.58. The van der Waals surface area contributed by atoms with Crippen molar-refractivity contribution in [2.24, 2.45) is 4.99 Å². The Labute approximate surface area is 67.0 Å². The first-order valence-electron chi connectivity index (χ1n) is 3.94. The van der Waals surface area contributed by atoms with Crippen LogP contribution in [0.5, 0.6) is 0 Å². The summed E-state index contributed by atoms with van der Waals surface area (Å²) in [6, 6.07) is 0. The van der Waals surface area contributed by atoms with Gasteiger partial charge in [-0.15, -0.1) is 0 Å². The van der Waals surface area contributed by atoms with E-state index in [2.05, 4.69) is 18.2 Å². The number of aliphatic hydroxyl groups excluding tert-OH is 1. The number of nitrogens with one attached hydrogen (secondary N) is 1. The molecule has 11 heavy (non-hydrogen) atoms. The molecule has 0 amide bonds. The molecule has 0 aromatic carbocycles. The Morgan fingerprint density at radius 1 is 1.64 bits per heavy atom. The lowest BCUT2D eigenvalue weighted by Gasteiger charge is -1.96. The molecule has 0 saturated heterocycles. The van der Waals surface area contributed by atoms with Gasteiger partial charge in [0.25, 0.3) is 0 Å². The average molecular weight is 155 g/mol. The van der Waals surface area contributed by atoms with Gasteiger partial charge in [-0.25, -0.2) is 0 Å². The molecule has 0 radical (unpaired) electrons. The molecule has 0 aromatic heterocycles. The minimum Gasteiger partial charge on any atom is -0.396 e. The Kier molecular flexibility index (Phi) is 2.79. The maximum absolute atomic E-state index is 8.58. The van der Waals surface area contributed by atoms with Crippen molar-refractivity contribution in [2.45, 2.75) is 19.8 Å². The van der Waals surface area contributed by atoms with E-state index in [-0.39, 0.29) is 6.61 Å². The van der Waals surface area contributed by atoms with Crippen LogP contribution in [0.3, 0.4) is 0 Å². The Bertz CT molecular complexity index is 196. The third-order valence-electron chi connectivity index (χ3n) is 1.86. The molecule has 1 aliphatic heterocycles. The van der Waals surface area contributed by atoms with Gasteiger partial charge < -0.3 is 5.11 Å². The standard InChI is InChI=1S/C8H14N2O/c1-7-9-8(4-3-5-11)6-10(7)2/h6,11H,3-5H2,1-2H3/p+1. The fourth-order valence-corrected chi connectivity index (χ4v) is 1.08. The number of nitrogens with zero attached hydrogens (tertiary/aromatic N) is 1. The van der Waals surface area contributed by atoms with Crippen LogP contribution in [-0.2, 0) is 0 Å². The van der Waals surface area contributed by atoms with Gasteiger partial charge in [-0.3, -0.25) is 4.90 Å². The van der Waals surface area contributed by atoms with Crippen LogP contribution in [0.25, 0.3) is 0 Å². The molecule has 0 saturated carbocycles. The second kappa shape index (κ2) is 3.64. The molecule has 62 valence electrons. The number of hydrogen-bond acceptors (Lipinski definition) is 2. The molecule has 0 bridgehead atoms. The first kappa shape index (κ1) is 8.43. The quantitative estimate of drug-likeness (QED) is 0.569. The largest absolute Gasteiger partial charge is 0.396 e. The highest BCUT2D eigenvalue weighted by Crippen LogP contribution is 2.06. The molecule has 1 rings (SSSR count).